The number of hydrogen-bond acceptors (Lipinski definition) is 4. The van der Waals surface area contributed by atoms with Crippen molar-refractivity contribution < 1.29 is 4.74 Å². The second-order valence-corrected chi connectivity index (χ2v) is 2.76. The molecular formula is C7H6N4O. The van der Waals surface area contributed by atoms with Gasteiger partial charge in [0.1, 0.15) is 11.6 Å². The molecular weight excluding hydrogens is 156 g/mol. The number of nitrogens with zero attached hydrogens (tertiary/aromatic N) is 3. The van der Waals surface area contributed by atoms with Crippen LogP contribution in [0.3, 0.4) is 0 Å². The van der Waals surface area contributed by atoms with Crippen LogP contribution in [0, 0.1) is 0 Å². The summed E-state index contributed by atoms with van der Waals surface area (Å²) in [5.74, 6) is 0. The molecule has 0 amide bonds. The largest absolute Gasteiger partial charge is 0.368 e. The summed E-state index contributed by atoms with van der Waals surface area (Å²) in [5, 5.41) is 10.3. The van der Waals surface area contributed by atoms with Crippen LogP contribution in [0.4, 0.5) is 0 Å². The zero-order valence-electron chi connectivity index (χ0n) is 6.19. The molecule has 0 bridgehead atoms. The van der Waals surface area contributed by atoms with Crippen molar-refractivity contribution in [2.45, 2.75) is 6.10 Å². The summed E-state index contributed by atoms with van der Waals surface area (Å²) in [7, 11) is 0. The van der Waals surface area contributed by atoms with Gasteiger partial charge in [-0.15, -0.1) is 5.10 Å². The van der Waals surface area contributed by atoms with Gasteiger partial charge in [-0.05, 0) is 6.07 Å². The van der Waals surface area contributed by atoms with Crippen LogP contribution >= 0.6 is 0 Å². The van der Waals surface area contributed by atoms with Crippen molar-refractivity contribution in [3.8, 4) is 0 Å². The summed E-state index contributed by atoms with van der Waals surface area (Å²) in [6.07, 6.45) is 2.02. The Hall–Kier alpha value is -1.49. The van der Waals surface area contributed by atoms with E-state index < -0.39 is 0 Å². The van der Waals surface area contributed by atoms with Crippen LogP contribution in [0.25, 0.3) is 11.2 Å². The van der Waals surface area contributed by atoms with Crippen LogP contribution in [0.1, 0.15) is 11.7 Å². The lowest BCUT2D eigenvalue weighted by molar-refractivity contribution is 0.415. The van der Waals surface area contributed by atoms with Crippen molar-refractivity contribution in [1.82, 2.24) is 20.4 Å². The first kappa shape index (κ1) is 6.07. The number of H-pyrrole nitrogens is 1. The Morgan fingerprint density at radius 3 is 3.25 bits per heavy atom. The van der Waals surface area contributed by atoms with Gasteiger partial charge in [0.05, 0.1) is 6.61 Å². The zero-order chi connectivity index (χ0) is 7.97. The van der Waals surface area contributed by atoms with E-state index in [4.69, 9.17) is 4.74 Å². The third-order valence-electron chi connectivity index (χ3n) is 1.90. The molecule has 2 aromatic heterocycles. The highest BCUT2D eigenvalue weighted by atomic mass is 16.6. The van der Waals surface area contributed by atoms with E-state index in [0.717, 1.165) is 17.7 Å². The first-order valence-corrected chi connectivity index (χ1v) is 3.71. The number of aromatic amines is 1. The van der Waals surface area contributed by atoms with E-state index in [1.54, 1.807) is 6.20 Å². The molecule has 0 spiro atoms. The number of nitrogens with one attached hydrogen (secondary N) is 1. The first-order chi connectivity index (χ1) is 5.93. The van der Waals surface area contributed by atoms with Crippen molar-refractivity contribution >= 4 is 11.2 Å². The van der Waals surface area contributed by atoms with E-state index in [2.05, 4.69) is 20.4 Å². The molecule has 1 atom stereocenters. The van der Waals surface area contributed by atoms with Crippen molar-refractivity contribution in [2.75, 3.05) is 6.61 Å². The minimum atomic E-state index is 0.235. The number of pyridine rings is 1. The fourth-order valence-corrected chi connectivity index (χ4v) is 1.17. The molecule has 1 aliphatic heterocycles. The van der Waals surface area contributed by atoms with Gasteiger partial charge in [-0.25, -0.2) is 4.98 Å². The number of fused-ring (bicyclic) bond motifs is 1. The van der Waals surface area contributed by atoms with E-state index >= 15 is 0 Å². The topological polar surface area (TPSA) is 67.0 Å². The fraction of sp³-hybridized carbons (Fsp3) is 0.286. The maximum atomic E-state index is 5.12. The van der Waals surface area contributed by atoms with Crippen molar-refractivity contribution in [3.63, 3.8) is 0 Å². The zero-order valence-corrected chi connectivity index (χ0v) is 6.19. The molecule has 0 aliphatic carbocycles. The molecule has 12 heavy (non-hydrogen) atoms. The number of epoxide rings is 1. The van der Waals surface area contributed by atoms with Gasteiger partial charge < -0.3 is 4.74 Å². The molecule has 0 saturated carbocycles. The van der Waals surface area contributed by atoms with Crippen molar-refractivity contribution in [3.05, 3.63) is 17.8 Å². The van der Waals surface area contributed by atoms with Crippen molar-refractivity contribution in [1.29, 1.82) is 0 Å². The molecule has 3 rings (SSSR count). The molecule has 0 radical (unpaired) electrons. The van der Waals surface area contributed by atoms with Gasteiger partial charge >= 0.3 is 0 Å². The minimum absolute atomic E-state index is 0.235. The maximum absolute atomic E-state index is 5.12. The SMILES string of the molecule is c1nc2n[nH]nc2cc1[C@H]1CO1. The predicted octanol–water partition coefficient (Wildman–Crippen LogP) is 0.424. The summed E-state index contributed by atoms with van der Waals surface area (Å²) in [5.41, 5.74) is 2.53. The quantitative estimate of drug-likeness (QED) is 0.617. The summed E-state index contributed by atoms with van der Waals surface area (Å²) in [6, 6.07) is 1.95. The van der Waals surface area contributed by atoms with Gasteiger partial charge in [0.15, 0.2) is 0 Å². The average Bonchev–Trinajstić information content (AvgIpc) is 2.84. The van der Waals surface area contributed by atoms with E-state index in [9.17, 15) is 0 Å². The van der Waals surface area contributed by atoms with Gasteiger partial charge in [0.2, 0.25) is 5.65 Å². The summed E-state index contributed by atoms with van der Waals surface area (Å²) >= 11 is 0. The smallest absolute Gasteiger partial charge is 0.201 e. The van der Waals surface area contributed by atoms with Gasteiger partial charge in [0, 0.05) is 11.8 Å². The molecule has 2 aromatic rings. The monoisotopic (exact) mass is 162 g/mol. The van der Waals surface area contributed by atoms with E-state index in [0.29, 0.717) is 5.65 Å². The number of aromatic nitrogens is 4. The van der Waals surface area contributed by atoms with Gasteiger partial charge in [0.25, 0.3) is 0 Å². The highest BCUT2D eigenvalue weighted by Gasteiger charge is 2.25. The maximum Gasteiger partial charge on any atom is 0.201 e. The summed E-state index contributed by atoms with van der Waals surface area (Å²) in [6.45, 7) is 0.797. The molecule has 1 aliphatic rings. The Labute approximate surface area is 67.8 Å². The Balaban J connectivity index is 2.21. The minimum Gasteiger partial charge on any atom is -0.368 e. The van der Waals surface area contributed by atoms with Crippen LogP contribution in [-0.2, 0) is 4.74 Å². The van der Waals surface area contributed by atoms with Crippen LogP contribution in [0.2, 0.25) is 0 Å². The number of ether oxygens (including phenoxy) is 1. The number of rotatable bonds is 1. The van der Waals surface area contributed by atoms with Gasteiger partial charge in [-0.3, -0.25) is 0 Å². The molecule has 60 valence electrons. The standard InChI is InChI=1S/C7H6N4O/c1-4(6-3-12-6)2-8-7-5(1)9-11-10-7/h1-2,6H,3H2,(H,8,9,10,11)/t6-/m1/s1. The van der Waals surface area contributed by atoms with Crippen LogP contribution in [-0.4, -0.2) is 27.0 Å². The Morgan fingerprint density at radius 1 is 1.50 bits per heavy atom. The van der Waals surface area contributed by atoms with Gasteiger partial charge in [-0.2, -0.15) is 10.3 Å². The lowest BCUT2D eigenvalue weighted by Crippen LogP contribution is -1.83. The van der Waals surface area contributed by atoms with Crippen molar-refractivity contribution in [2.24, 2.45) is 0 Å². The second kappa shape index (κ2) is 2.01. The lowest BCUT2D eigenvalue weighted by atomic mass is 10.2. The normalized spacial score (nSPS) is 21.5. The molecule has 1 N–H and O–H groups in total. The molecule has 1 fully saturated rings. The Bertz CT molecular complexity index is 420. The predicted molar refractivity (Wildman–Crippen MR) is 40.4 cm³/mol. The fourth-order valence-electron chi connectivity index (χ4n) is 1.17. The first-order valence-electron chi connectivity index (χ1n) is 3.71. The molecule has 0 unspecified atom stereocenters. The molecule has 1 saturated heterocycles. The van der Waals surface area contributed by atoms with E-state index in [1.165, 1.54) is 0 Å². The summed E-state index contributed by atoms with van der Waals surface area (Å²) in [4.78, 5) is 4.12. The average molecular weight is 162 g/mol. The van der Waals surface area contributed by atoms with E-state index in [1.807, 2.05) is 6.07 Å². The third-order valence-corrected chi connectivity index (χ3v) is 1.90. The third kappa shape index (κ3) is 0.799. The van der Waals surface area contributed by atoms with Crippen LogP contribution in [0.15, 0.2) is 12.3 Å². The Kier molecular flexibility index (Phi) is 1.02. The Morgan fingerprint density at radius 2 is 2.42 bits per heavy atom. The number of hydrogen-bond donors (Lipinski definition) is 1. The molecule has 5 heteroatoms. The molecule has 0 aromatic carbocycles. The van der Waals surface area contributed by atoms with Crippen LogP contribution < -0.4 is 0 Å². The van der Waals surface area contributed by atoms with Gasteiger partial charge in [-0.1, -0.05) is 0 Å². The molecule has 5 nitrogen and oxygen atoms in total. The van der Waals surface area contributed by atoms with Crippen LogP contribution in [0.5, 0.6) is 0 Å². The second-order valence-electron chi connectivity index (χ2n) is 2.76. The highest BCUT2D eigenvalue weighted by molar-refractivity contribution is 5.69. The summed E-state index contributed by atoms with van der Waals surface area (Å²) < 4.78 is 5.12. The lowest BCUT2D eigenvalue weighted by Gasteiger charge is -1.91. The van der Waals surface area contributed by atoms with E-state index in [-0.39, 0.29) is 6.10 Å². The highest BCUT2D eigenvalue weighted by Crippen LogP contribution is 2.29. The molecule has 3 heterocycles.